The molecule has 0 aliphatic heterocycles. The first-order valence-corrected chi connectivity index (χ1v) is 6.61. The molecular formula is C16H14F2N2O. The van der Waals surface area contributed by atoms with Crippen LogP contribution in [0.5, 0.6) is 0 Å². The zero-order valence-electron chi connectivity index (χ0n) is 11.5. The van der Waals surface area contributed by atoms with E-state index in [1.165, 1.54) is 18.2 Å². The fraction of sp³-hybridized carbons (Fsp3) is 0.188. The van der Waals surface area contributed by atoms with Crippen LogP contribution in [-0.4, -0.2) is 15.1 Å². The van der Waals surface area contributed by atoms with E-state index in [-0.39, 0.29) is 18.6 Å². The van der Waals surface area contributed by atoms with Gasteiger partial charge in [-0.1, -0.05) is 12.1 Å². The van der Waals surface area contributed by atoms with Gasteiger partial charge in [0.05, 0.1) is 11.0 Å². The first-order chi connectivity index (χ1) is 10.1. The summed E-state index contributed by atoms with van der Waals surface area (Å²) in [6, 6.07) is 7.49. The molecule has 0 aliphatic carbocycles. The van der Waals surface area contributed by atoms with E-state index >= 15 is 0 Å². The normalized spacial score (nSPS) is 11.2. The Bertz CT molecular complexity index is 791. The maximum absolute atomic E-state index is 13.7. The molecule has 108 valence electrons. The number of halogens is 2. The molecule has 2 N–H and O–H groups in total. The number of nitrogens with one attached hydrogen (secondary N) is 1. The van der Waals surface area contributed by atoms with Crippen molar-refractivity contribution in [1.29, 1.82) is 0 Å². The molecule has 1 aromatic heterocycles. The third-order valence-electron chi connectivity index (χ3n) is 3.65. The van der Waals surface area contributed by atoms with Crippen molar-refractivity contribution < 1.29 is 13.9 Å². The topological polar surface area (TPSA) is 48.9 Å². The summed E-state index contributed by atoms with van der Waals surface area (Å²) in [4.78, 5) is 7.28. The highest BCUT2D eigenvalue weighted by molar-refractivity contribution is 5.80. The van der Waals surface area contributed by atoms with Gasteiger partial charge in [0, 0.05) is 12.0 Å². The van der Waals surface area contributed by atoms with Crippen molar-refractivity contribution in [2.24, 2.45) is 0 Å². The number of benzene rings is 2. The third-order valence-corrected chi connectivity index (χ3v) is 3.65. The molecule has 0 bridgehead atoms. The lowest BCUT2D eigenvalue weighted by atomic mass is 9.99. The number of aromatic nitrogens is 2. The second-order valence-corrected chi connectivity index (χ2v) is 4.96. The second kappa shape index (κ2) is 5.26. The third kappa shape index (κ3) is 2.40. The number of rotatable bonds is 3. The summed E-state index contributed by atoms with van der Waals surface area (Å²) in [6.07, 6.45) is 0.168. The highest BCUT2D eigenvalue weighted by Crippen LogP contribution is 2.24. The van der Waals surface area contributed by atoms with Crippen molar-refractivity contribution in [3.8, 4) is 0 Å². The van der Waals surface area contributed by atoms with Crippen LogP contribution >= 0.6 is 0 Å². The van der Waals surface area contributed by atoms with E-state index in [0.717, 1.165) is 16.6 Å². The van der Waals surface area contributed by atoms with Gasteiger partial charge in [-0.3, -0.25) is 0 Å². The molecule has 5 heteroatoms. The number of hydrogen-bond donors (Lipinski definition) is 2. The first kappa shape index (κ1) is 13.7. The minimum atomic E-state index is -0.549. The number of nitrogens with zero attached hydrogens (tertiary/aromatic N) is 1. The Balaban J connectivity index is 2.07. The summed E-state index contributed by atoms with van der Waals surface area (Å²) in [5.41, 5.74) is 3.23. The largest absolute Gasteiger partial charge is 0.388 e. The number of H-pyrrole nitrogens is 1. The van der Waals surface area contributed by atoms with Gasteiger partial charge in [-0.2, -0.15) is 0 Å². The molecule has 0 radical (unpaired) electrons. The lowest BCUT2D eigenvalue weighted by Gasteiger charge is -2.08. The zero-order valence-corrected chi connectivity index (χ0v) is 11.5. The van der Waals surface area contributed by atoms with E-state index in [1.807, 2.05) is 19.1 Å². The molecule has 0 atom stereocenters. The van der Waals surface area contributed by atoms with Crippen molar-refractivity contribution in [2.75, 3.05) is 0 Å². The first-order valence-electron chi connectivity index (χ1n) is 6.61. The van der Waals surface area contributed by atoms with Gasteiger partial charge in [0.2, 0.25) is 0 Å². The number of aliphatic hydroxyl groups is 1. The summed E-state index contributed by atoms with van der Waals surface area (Å²) in [5.74, 6) is -0.623. The number of aromatic amines is 1. The number of imidazole rings is 1. The molecular weight excluding hydrogens is 274 g/mol. The van der Waals surface area contributed by atoms with E-state index in [9.17, 15) is 8.78 Å². The Morgan fingerprint density at radius 2 is 1.86 bits per heavy atom. The maximum atomic E-state index is 13.7. The van der Waals surface area contributed by atoms with E-state index < -0.39 is 11.6 Å². The molecule has 0 saturated carbocycles. The van der Waals surface area contributed by atoms with Crippen LogP contribution in [0.15, 0.2) is 30.3 Å². The smallest absolute Gasteiger partial charge is 0.133 e. The highest BCUT2D eigenvalue weighted by atomic mass is 19.1. The Labute approximate surface area is 120 Å². The van der Waals surface area contributed by atoms with E-state index in [1.54, 1.807) is 0 Å². The quantitative estimate of drug-likeness (QED) is 0.777. The predicted octanol–water partition coefficient (Wildman–Crippen LogP) is 3.23. The lowest BCUT2D eigenvalue weighted by Crippen LogP contribution is -1.99. The van der Waals surface area contributed by atoms with Gasteiger partial charge in [-0.25, -0.2) is 13.8 Å². The summed E-state index contributed by atoms with van der Waals surface area (Å²) in [5, 5.41) is 9.11. The van der Waals surface area contributed by atoms with Crippen molar-refractivity contribution in [2.45, 2.75) is 20.0 Å². The fourth-order valence-corrected chi connectivity index (χ4v) is 2.46. The van der Waals surface area contributed by atoms with Gasteiger partial charge in [-0.05, 0) is 36.2 Å². The van der Waals surface area contributed by atoms with Crippen molar-refractivity contribution in [1.82, 2.24) is 9.97 Å². The summed E-state index contributed by atoms with van der Waals surface area (Å²) in [7, 11) is 0. The second-order valence-electron chi connectivity index (χ2n) is 4.96. The highest BCUT2D eigenvalue weighted by Gasteiger charge is 2.13. The van der Waals surface area contributed by atoms with Crippen LogP contribution in [-0.2, 0) is 13.0 Å². The van der Waals surface area contributed by atoms with Crippen LogP contribution in [0.3, 0.4) is 0 Å². The van der Waals surface area contributed by atoms with E-state index in [2.05, 4.69) is 9.97 Å². The Kier molecular flexibility index (Phi) is 3.43. The number of aryl methyl sites for hydroxylation is 1. The Morgan fingerprint density at radius 3 is 2.52 bits per heavy atom. The standard InChI is InChI=1S/C16H14F2N2O/c1-9-10(7-11-12(17)3-2-4-13(11)18)5-6-14-16(9)20-15(8-21)19-14/h2-6,21H,7-8H2,1H3,(H,19,20). The van der Waals surface area contributed by atoms with Gasteiger partial charge in [0.1, 0.15) is 24.1 Å². The summed E-state index contributed by atoms with van der Waals surface area (Å²) >= 11 is 0. The SMILES string of the molecule is Cc1c(Cc2c(F)cccc2F)ccc2[nH]c(CO)nc12. The minimum absolute atomic E-state index is 0.0536. The average Bonchev–Trinajstić information content (AvgIpc) is 2.89. The zero-order chi connectivity index (χ0) is 15.0. The van der Waals surface area contributed by atoms with Crippen LogP contribution < -0.4 is 0 Å². The van der Waals surface area contributed by atoms with Gasteiger partial charge in [-0.15, -0.1) is 0 Å². The van der Waals surface area contributed by atoms with E-state index in [4.69, 9.17) is 5.11 Å². The maximum Gasteiger partial charge on any atom is 0.133 e. The fourth-order valence-electron chi connectivity index (χ4n) is 2.46. The monoisotopic (exact) mass is 288 g/mol. The van der Waals surface area contributed by atoms with Crippen LogP contribution in [0.4, 0.5) is 8.78 Å². The average molecular weight is 288 g/mol. The van der Waals surface area contributed by atoms with Crippen LogP contribution in [0.2, 0.25) is 0 Å². The van der Waals surface area contributed by atoms with Crippen LogP contribution in [0.1, 0.15) is 22.5 Å². The lowest BCUT2D eigenvalue weighted by molar-refractivity contribution is 0.273. The Hall–Kier alpha value is -2.27. The van der Waals surface area contributed by atoms with Gasteiger partial charge >= 0.3 is 0 Å². The number of hydrogen-bond acceptors (Lipinski definition) is 2. The molecule has 0 fully saturated rings. The summed E-state index contributed by atoms with van der Waals surface area (Å²) < 4.78 is 27.5. The minimum Gasteiger partial charge on any atom is -0.388 e. The van der Waals surface area contributed by atoms with Crippen LogP contribution in [0, 0.1) is 18.6 Å². The van der Waals surface area contributed by atoms with Crippen LogP contribution in [0.25, 0.3) is 11.0 Å². The molecule has 3 aromatic rings. The molecule has 0 unspecified atom stereocenters. The number of aliphatic hydroxyl groups excluding tert-OH is 1. The van der Waals surface area contributed by atoms with E-state index in [0.29, 0.717) is 11.3 Å². The Morgan fingerprint density at radius 1 is 1.14 bits per heavy atom. The molecule has 0 saturated heterocycles. The molecule has 1 heterocycles. The van der Waals surface area contributed by atoms with Crippen molar-refractivity contribution >= 4 is 11.0 Å². The predicted molar refractivity (Wildman–Crippen MR) is 75.9 cm³/mol. The van der Waals surface area contributed by atoms with Gasteiger partial charge < -0.3 is 10.1 Å². The van der Waals surface area contributed by atoms with Gasteiger partial charge in [0.15, 0.2) is 0 Å². The molecule has 3 rings (SSSR count). The summed E-state index contributed by atoms with van der Waals surface area (Å²) in [6.45, 7) is 1.68. The van der Waals surface area contributed by atoms with Crippen molar-refractivity contribution in [3.63, 3.8) is 0 Å². The molecule has 0 spiro atoms. The molecule has 21 heavy (non-hydrogen) atoms. The van der Waals surface area contributed by atoms with Crippen molar-refractivity contribution in [3.05, 3.63) is 64.5 Å². The molecule has 0 amide bonds. The molecule has 0 aliphatic rings. The molecule has 2 aromatic carbocycles. The number of fused-ring (bicyclic) bond motifs is 1. The molecule has 3 nitrogen and oxygen atoms in total. The van der Waals surface area contributed by atoms with Gasteiger partial charge in [0.25, 0.3) is 0 Å².